The molecule has 10 heteroatoms. The van der Waals surface area contributed by atoms with Gasteiger partial charge >= 0.3 is 0 Å². The van der Waals surface area contributed by atoms with E-state index < -0.39 is 15.6 Å². The first kappa shape index (κ1) is 25.7. The van der Waals surface area contributed by atoms with E-state index in [1.807, 2.05) is 24.3 Å². The zero-order valence-electron chi connectivity index (χ0n) is 19.7. The van der Waals surface area contributed by atoms with E-state index in [1.165, 1.54) is 18.3 Å². The summed E-state index contributed by atoms with van der Waals surface area (Å²) in [5.41, 5.74) is 4.37. The molecule has 0 atom stereocenters. The number of carbonyl (C=O) groups excluding carboxylic acids is 1. The average Bonchev–Trinajstić information content (AvgIpc) is 2.86. The second-order valence-corrected chi connectivity index (χ2v) is 9.93. The van der Waals surface area contributed by atoms with Crippen LogP contribution in [0, 0.1) is 5.41 Å². The Morgan fingerprint density at radius 1 is 1.06 bits per heavy atom. The van der Waals surface area contributed by atoms with Gasteiger partial charge in [-0.05, 0) is 60.9 Å². The van der Waals surface area contributed by atoms with Crippen LogP contribution in [0.15, 0.2) is 82.9 Å². The molecule has 0 aliphatic rings. The minimum atomic E-state index is -3.87. The standard InChI is InChI=1S/C25H28N6O3S/c1-25(2,23(26)17-30-27-3)31-35(33,34)21-12-10-19(11-13-21)20-8-6-7-18(15-20)16-29-24(32)22-9-4-5-14-28-22/h4-15,17,26-27,31H,16H2,1-3H3,(H,29,32). The van der Waals surface area contributed by atoms with Gasteiger partial charge in [0.05, 0.1) is 22.4 Å². The van der Waals surface area contributed by atoms with Crippen LogP contribution in [0.5, 0.6) is 0 Å². The van der Waals surface area contributed by atoms with Gasteiger partial charge in [-0.1, -0.05) is 36.4 Å². The lowest BCUT2D eigenvalue weighted by atomic mass is 10.0. The number of hydrogen-bond acceptors (Lipinski definition) is 7. The SMILES string of the molecule is CNN=CC(=N)C(C)(C)NS(=O)(=O)c1ccc(-c2cccc(CNC(=O)c3ccccn3)c2)cc1. The molecule has 35 heavy (non-hydrogen) atoms. The van der Waals surface area contributed by atoms with Crippen molar-refractivity contribution < 1.29 is 13.2 Å². The number of benzene rings is 2. The van der Waals surface area contributed by atoms with Crippen molar-refractivity contribution in [2.75, 3.05) is 7.05 Å². The molecule has 182 valence electrons. The van der Waals surface area contributed by atoms with Gasteiger partial charge in [0.1, 0.15) is 5.69 Å². The summed E-state index contributed by atoms with van der Waals surface area (Å²) in [7, 11) is -2.27. The third-order valence-electron chi connectivity index (χ3n) is 5.16. The minimum absolute atomic E-state index is 0.0130. The molecule has 0 saturated carbocycles. The first-order valence-corrected chi connectivity index (χ1v) is 12.3. The number of aromatic nitrogens is 1. The van der Waals surface area contributed by atoms with Crippen LogP contribution in [0.2, 0.25) is 0 Å². The Hall–Kier alpha value is -3.89. The first-order chi connectivity index (χ1) is 16.6. The predicted octanol–water partition coefficient (Wildman–Crippen LogP) is 2.96. The molecule has 1 amide bonds. The highest BCUT2D eigenvalue weighted by Crippen LogP contribution is 2.23. The Morgan fingerprint density at radius 3 is 2.46 bits per heavy atom. The van der Waals surface area contributed by atoms with E-state index in [1.54, 1.807) is 57.4 Å². The quantitative estimate of drug-likeness (QED) is 0.255. The van der Waals surface area contributed by atoms with Crippen molar-refractivity contribution in [3.63, 3.8) is 0 Å². The van der Waals surface area contributed by atoms with Gasteiger partial charge in [-0.2, -0.15) is 9.82 Å². The van der Waals surface area contributed by atoms with E-state index >= 15 is 0 Å². The van der Waals surface area contributed by atoms with E-state index in [-0.39, 0.29) is 16.5 Å². The second-order valence-electron chi connectivity index (χ2n) is 8.25. The normalized spacial score (nSPS) is 11.9. The number of pyridine rings is 1. The van der Waals surface area contributed by atoms with Crippen LogP contribution < -0.4 is 15.5 Å². The summed E-state index contributed by atoms with van der Waals surface area (Å²) in [6.07, 6.45) is 2.83. The summed E-state index contributed by atoms with van der Waals surface area (Å²) < 4.78 is 28.3. The summed E-state index contributed by atoms with van der Waals surface area (Å²) in [6.45, 7) is 3.53. The summed E-state index contributed by atoms with van der Waals surface area (Å²) in [4.78, 5) is 16.4. The van der Waals surface area contributed by atoms with Crippen molar-refractivity contribution >= 4 is 27.9 Å². The molecule has 1 heterocycles. The highest BCUT2D eigenvalue weighted by molar-refractivity contribution is 7.89. The number of carbonyl (C=O) groups is 1. The molecule has 9 nitrogen and oxygen atoms in total. The van der Waals surface area contributed by atoms with Crippen molar-refractivity contribution in [3.05, 3.63) is 84.2 Å². The van der Waals surface area contributed by atoms with E-state index in [9.17, 15) is 13.2 Å². The lowest BCUT2D eigenvalue weighted by Gasteiger charge is -2.25. The van der Waals surface area contributed by atoms with E-state index in [0.717, 1.165) is 16.7 Å². The van der Waals surface area contributed by atoms with Gasteiger partial charge in [0.25, 0.3) is 5.91 Å². The molecule has 3 aromatic rings. The molecule has 2 aromatic carbocycles. The van der Waals surface area contributed by atoms with Gasteiger partial charge in [-0.15, -0.1) is 0 Å². The first-order valence-electron chi connectivity index (χ1n) is 10.8. The van der Waals surface area contributed by atoms with Crippen molar-refractivity contribution in [2.24, 2.45) is 5.10 Å². The van der Waals surface area contributed by atoms with Gasteiger partial charge in [0, 0.05) is 19.8 Å². The Labute approximate surface area is 205 Å². The summed E-state index contributed by atoms with van der Waals surface area (Å²) in [5, 5.41) is 14.7. The minimum Gasteiger partial charge on any atom is -0.347 e. The molecule has 0 fully saturated rings. The topological polar surface area (TPSA) is 136 Å². The molecule has 1 aromatic heterocycles. The highest BCUT2D eigenvalue weighted by Gasteiger charge is 2.29. The van der Waals surface area contributed by atoms with Crippen LogP contribution >= 0.6 is 0 Å². The fraction of sp³-hybridized carbons (Fsp3) is 0.200. The molecule has 0 radical (unpaired) electrons. The van der Waals surface area contributed by atoms with Crippen molar-refractivity contribution in [2.45, 2.75) is 30.8 Å². The van der Waals surface area contributed by atoms with Crippen LogP contribution in [0.4, 0.5) is 0 Å². The third kappa shape index (κ3) is 6.81. The second kappa shape index (κ2) is 11.0. The maximum Gasteiger partial charge on any atom is 0.270 e. The molecule has 0 bridgehead atoms. The molecule has 4 N–H and O–H groups in total. The van der Waals surface area contributed by atoms with Crippen LogP contribution in [-0.4, -0.2) is 43.8 Å². The maximum atomic E-state index is 12.9. The molecule has 0 aliphatic carbocycles. The van der Waals surface area contributed by atoms with Crippen LogP contribution in [0.1, 0.15) is 29.9 Å². The fourth-order valence-electron chi connectivity index (χ4n) is 3.20. The Bertz CT molecular complexity index is 1320. The molecule has 0 spiro atoms. The number of nitrogens with zero attached hydrogens (tertiary/aromatic N) is 2. The smallest absolute Gasteiger partial charge is 0.270 e. The van der Waals surface area contributed by atoms with Crippen LogP contribution in [0.25, 0.3) is 11.1 Å². The van der Waals surface area contributed by atoms with Crippen LogP contribution in [0.3, 0.4) is 0 Å². The summed E-state index contributed by atoms with van der Waals surface area (Å²) in [6, 6.07) is 19.3. The van der Waals surface area contributed by atoms with E-state index in [0.29, 0.717) is 12.2 Å². The maximum absolute atomic E-state index is 12.9. The molecule has 0 saturated heterocycles. The number of rotatable bonds is 10. The largest absolute Gasteiger partial charge is 0.347 e. The highest BCUT2D eigenvalue weighted by atomic mass is 32.2. The number of hydrazone groups is 1. The van der Waals surface area contributed by atoms with Crippen molar-refractivity contribution in [3.8, 4) is 11.1 Å². The predicted molar refractivity (Wildman–Crippen MR) is 137 cm³/mol. The lowest BCUT2D eigenvalue weighted by Crippen LogP contribution is -2.49. The lowest BCUT2D eigenvalue weighted by molar-refractivity contribution is 0.0946. The molecule has 3 rings (SSSR count). The molecular formula is C25H28N6O3S. The molecule has 0 aliphatic heterocycles. The zero-order chi connectivity index (χ0) is 25.5. The third-order valence-corrected chi connectivity index (χ3v) is 6.83. The van der Waals surface area contributed by atoms with Crippen LogP contribution in [-0.2, 0) is 16.6 Å². The number of hydrogen-bond donors (Lipinski definition) is 4. The van der Waals surface area contributed by atoms with Crippen molar-refractivity contribution in [1.29, 1.82) is 5.41 Å². The monoisotopic (exact) mass is 492 g/mol. The van der Waals surface area contributed by atoms with E-state index in [2.05, 4.69) is 25.6 Å². The Morgan fingerprint density at radius 2 is 1.80 bits per heavy atom. The van der Waals surface area contributed by atoms with Gasteiger partial charge in [-0.25, -0.2) is 8.42 Å². The average molecular weight is 493 g/mol. The van der Waals surface area contributed by atoms with Gasteiger partial charge < -0.3 is 16.2 Å². The van der Waals surface area contributed by atoms with Gasteiger partial charge in [-0.3, -0.25) is 9.78 Å². The van der Waals surface area contributed by atoms with Gasteiger partial charge in [0.2, 0.25) is 10.0 Å². The number of nitrogens with one attached hydrogen (secondary N) is 4. The Balaban J connectivity index is 1.71. The molecule has 0 unspecified atom stereocenters. The summed E-state index contributed by atoms with van der Waals surface area (Å²) >= 11 is 0. The summed E-state index contributed by atoms with van der Waals surface area (Å²) in [5.74, 6) is -0.258. The number of sulfonamides is 1. The van der Waals surface area contributed by atoms with Gasteiger partial charge in [0.15, 0.2) is 0 Å². The Kier molecular flexibility index (Phi) is 8.10. The zero-order valence-corrected chi connectivity index (χ0v) is 20.6. The number of amides is 1. The van der Waals surface area contributed by atoms with E-state index in [4.69, 9.17) is 5.41 Å². The van der Waals surface area contributed by atoms with Crippen molar-refractivity contribution in [1.82, 2.24) is 20.4 Å². The molecular weight excluding hydrogens is 464 g/mol. The fourth-order valence-corrected chi connectivity index (χ4v) is 4.59.